The van der Waals surface area contributed by atoms with Crippen molar-refractivity contribution in [1.82, 2.24) is 10.6 Å². The maximum Gasteiger partial charge on any atom is 0.237 e. The van der Waals surface area contributed by atoms with Gasteiger partial charge in [-0.2, -0.15) is 0 Å². The molecular formula is C14H20N2O. The highest BCUT2D eigenvalue weighted by Crippen LogP contribution is 2.14. The molecule has 92 valence electrons. The van der Waals surface area contributed by atoms with Crippen LogP contribution >= 0.6 is 0 Å². The quantitative estimate of drug-likeness (QED) is 0.837. The number of hydrogen-bond acceptors (Lipinski definition) is 2. The van der Waals surface area contributed by atoms with Crippen LogP contribution in [-0.2, 0) is 4.79 Å². The lowest BCUT2D eigenvalue weighted by Crippen LogP contribution is -2.43. The Morgan fingerprint density at radius 2 is 2.06 bits per heavy atom. The van der Waals surface area contributed by atoms with Gasteiger partial charge in [-0.1, -0.05) is 30.3 Å². The monoisotopic (exact) mass is 232 g/mol. The van der Waals surface area contributed by atoms with E-state index in [-0.39, 0.29) is 18.0 Å². The zero-order valence-electron chi connectivity index (χ0n) is 10.3. The van der Waals surface area contributed by atoms with Gasteiger partial charge in [0, 0.05) is 12.6 Å². The van der Waals surface area contributed by atoms with Crippen LogP contribution in [0.3, 0.4) is 0 Å². The summed E-state index contributed by atoms with van der Waals surface area (Å²) in [7, 11) is 0. The topological polar surface area (TPSA) is 41.1 Å². The van der Waals surface area contributed by atoms with Gasteiger partial charge in [-0.15, -0.1) is 0 Å². The number of benzene rings is 1. The molecule has 2 atom stereocenters. The Kier molecular flexibility index (Phi) is 4.15. The lowest BCUT2D eigenvalue weighted by Gasteiger charge is -2.21. The van der Waals surface area contributed by atoms with Gasteiger partial charge in [0.2, 0.25) is 5.91 Å². The first-order chi connectivity index (χ1) is 8.27. The Labute approximate surface area is 103 Å². The molecule has 1 aliphatic rings. The molecule has 1 fully saturated rings. The first kappa shape index (κ1) is 12.1. The maximum absolute atomic E-state index is 11.8. The molecule has 1 aromatic carbocycles. The average molecular weight is 232 g/mol. The third-order valence-corrected chi connectivity index (χ3v) is 3.29. The van der Waals surface area contributed by atoms with Gasteiger partial charge < -0.3 is 5.32 Å². The van der Waals surface area contributed by atoms with Crippen molar-refractivity contribution < 1.29 is 4.79 Å². The molecule has 17 heavy (non-hydrogen) atoms. The molecule has 2 rings (SSSR count). The van der Waals surface area contributed by atoms with E-state index in [1.807, 2.05) is 18.2 Å². The molecule has 1 unspecified atom stereocenters. The number of amides is 1. The van der Waals surface area contributed by atoms with Gasteiger partial charge >= 0.3 is 0 Å². The minimum atomic E-state index is -0.0484. The molecule has 0 saturated carbocycles. The summed E-state index contributed by atoms with van der Waals surface area (Å²) in [5, 5.41) is 6.36. The van der Waals surface area contributed by atoms with Crippen molar-refractivity contribution in [3.8, 4) is 0 Å². The van der Waals surface area contributed by atoms with Crippen LogP contribution in [0.15, 0.2) is 30.3 Å². The van der Waals surface area contributed by atoms with Crippen molar-refractivity contribution in [3.63, 3.8) is 0 Å². The number of hydrogen-bond donors (Lipinski definition) is 2. The normalized spacial score (nSPS) is 22.6. The SMILES string of the molecule is C[C@H](NC1CCCCNC1=O)c1ccccc1. The summed E-state index contributed by atoms with van der Waals surface area (Å²) < 4.78 is 0. The minimum Gasteiger partial charge on any atom is -0.355 e. The first-order valence-electron chi connectivity index (χ1n) is 6.36. The molecule has 0 radical (unpaired) electrons. The molecule has 3 nitrogen and oxygen atoms in total. The molecule has 3 heteroatoms. The van der Waals surface area contributed by atoms with Crippen molar-refractivity contribution in [2.45, 2.75) is 38.3 Å². The highest BCUT2D eigenvalue weighted by Gasteiger charge is 2.22. The number of nitrogens with one attached hydrogen (secondary N) is 2. The van der Waals surface area contributed by atoms with Crippen LogP contribution in [0.1, 0.15) is 37.8 Å². The predicted molar refractivity (Wildman–Crippen MR) is 68.6 cm³/mol. The Morgan fingerprint density at radius 3 is 2.82 bits per heavy atom. The molecular weight excluding hydrogens is 212 g/mol. The summed E-state index contributed by atoms with van der Waals surface area (Å²) in [5.74, 6) is 0.144. The van der Waals surface area contributed by atoms with E-state index in [1.54, 1.807) is 0 Å². The van der Waals surface area contributed by atoms with Crippen LogP contribution in [0.2, 0.25) is 0 Å². The van der Waals surface area contributed by atoms with Crippen LogP contribution in [0.25, 0.3) is 0 Å². The van der Waals surface area contributed by atoms with Crippen LogP contribution in [0.4, 0.5) is 0 Å². The molecule has 0 spiro atoms. The summed E-state index contributed by atoms with van der Waals surface area (Å²) in [6, 6.07) is 10.4. The Bertz CT molecular complexity index is 364. The molecule has 1 saturated heterocycles. The van der Waals surface area contributed by atoms with Gasteiger partial charge in [-0.05, 0) is 31.7 Å². The summed E-state index contributed by atoms with van der Waals surface area (Å²) in [5.41, 5.74) is 1.23. The lowest BCUT2D eigenvalue weighted by atomic mass is 10.1. The van der Waals surface area contributed by atoms with Gasteiger partial charge in [0.25, 0.3) is 0 Å². The zero-order chi connectivity index (χ0) is 12.1. The number of carbonyl (C=O) groups excluding carboxylic acids is 1. The minimum absolute atomic E-state index is 0.0484. The van der Waals surface area contributed by atoms with E-state index >= 15 is 0 Å². The molecule has 2 N–H and O–H groups in total. The smallest absolute Gasteiger partial charge is 0.237 e. The highest BCUT2D eigenvalue weighted by molar-refractivity contribution is 5.81. The van der Waals surface area contributed by atoms with E-state index in [4.69, 9.17) is 0 Å². The molecule has 0 bridgehead atoms. The van der Waals surface area contributed by atoms with Gasteiger partial charge in [-0.3, -0.25) is 10.1 Å². The molecule has 1 aliphatic heterocycles. The molecule has 1 aromatic rings. The molecule has 0 aromatic heterocycles. The van der Waals surface area contributed by atoms with E-state index in [9.17, 15) is 4.79 Å². The van der Waals surface area contributed by atoms with Crippen LogP contribution < -0.4 is 10.6 Å². The summed E-state index contributed by atoms with van der Waals surface area (Å²) in [6.07, 6.45) is 3.13. The highest BCUT2D eigenvalue weighted by atomic mass is 16.2. The van der Waals surface area contributed by atoms with Gasteiger partial charge in [0.05, 0.1) is 6.04 Å². The van der Waals surface area contributed by atoms with Crippen molar-refractivity contribution in [2.24, 2.45) is 0 Å². The van der Waals surface area contributed by atoms with Crippen molar-refractivity contribution >= 4 is 5.91 Å². The number of rotatable bonds is 3. The Morgan fingerprint density at radius 1 is 1.29 bits per heavy atom. The van der Waals surface area contributed by atoms with E-state index in [2.05, 4.69) is 29.7 Å². The first-order valence-corrected chi connectivity index (χ1v) is 6.36. The van der Waals surface area contributed by atoms with E-state index in [0.717, 1.165) is 25.8 Å². The molecule has 1 amide bonds. The fourth-order valence-corrected chi connectivity index (χ4v) is 2.24. The van der Waals surface area contributed by atoms with E-state index < -0.39 is 0 Å². The van der Waals surface area contributed by atoms with E-state index in [1.165, 1.54) is 5.56 Å². The summed E-state index contributed by atoms with van der Waals surface area (Å²) >= 11 is 0. The fourth-order valence-electron chi connectivity index (χ4n) is 2.24. The molecule has 0 aliphatic carbocycles. The third-order valence-electron chi connectivity index (χ3n) is 3.29. The Hall–Kier alpha value is -1.35. The van der Waals surface area contributed by atoms with Crippen LogP contribution in [-0.4, -0.2) is 18.5 Å². The Balaban J connectivity index is 1.97. The predicted octanol–water partition coefficient (Wildman–Crippen LogP) is 2.01. The largest absolute Gasteiger partial charge is 0.355 e. The second kappa shape index (κ2) is 5.82. The van der Waals surface area contributed by atoms with Gasteiger partial charge in [0.1, 0.15) is 0 Å². The third kappa shape index (κ3) is 3.30. The van der Waals surface area contributed by atoms with E-state index in [0.29, 0.717) is 0 Å². The van der Waals surface area contributed by atoms with Crippen molar-refractivity contribution in [3.05, 3.63) is 35.9 Å². The van der Waals surface area contributed by atoms with Crippen molar-refractivity contribution in [2.75, 3.05) is 6.54 Å². The summed E-state index contributed by atoms with van der Waals surface area (Å²) in [6.45, 7) is 2.92. The second-order valence-electron chi connectivity index (χ2n) is 4.64. The van der Waals surface area contributed by atoms with Crippen molar-refractivity contribution in [1.29, 1.82) is 0 Å². The lowest BCUT2D eigenvalue weighted by molar-refractivity contribution is -0.123. The number of carbonyl (C=O) groups is 1. The average Bonchev–Trinajstić information content (AvgIpc) is 2.56. The molecule has 1 heterocycles. The van der Waals surface area contributed by atoms with Gasteiger partial charge in [-0.25, -0.2) is 0 Å². The maximum atomic E-state index is 11.8. The van der Waals surface area contributed by atoms with Crippen LogP contribution in [0, 0.1) is 0 Å². The standard InChI is InChI=1S/C14H20N2O/c1-11(12-7-3-2-4-8-12)16-13-9-5-6-10-15-14(13)17/h2-4,7-8,11,13,16H,5-6,9-10H2,1H3,(H,15,17)/t11-,13?/m0/s1. The fraction of sp³-hybridized carbons (Fsp3) is 0.500. The zero-order valence-corrected chi connectivity index (χ0v) is 10.3. The van der Waals surface area contributed by atoms with Gasteiger partial charge in [0.15, 0.2) is 0 Å². The van der Waals surface area contributed by atoms with Crippen LogP contribution in [0.5, 0.6) is 0 Å². The summed E-state index contributed by atoms with van der Waals surface area (Å²) in [4.78, 5) is 11.8. The second-order valence-corrected chi connectivity index (χ2v) is 4.64.